The largest absolute Gasteiger partial charge is 0.334 e. The summed E-state index contributed by atoms with van der Waals surface area (Å²) in [4.78, 5) is 6.99. The van der Waals surface area contributed by atoms with Gasteiger partial charge in [0.05, 0.1) is 6.33 Å². The Morgan fingerprint density at radius 3 is 2.90 bits per heavy atom. The lowest BCUT2D eigenvalue weighted by Crippen LogP contribution is -2.36. The van der Waals surface area contributed by atoms with Gasteiger partial charge >= 0.3 is 0 Å². The molecular weight excluding hydrogens is 246 g/mol. The quantitative estimate of drug-likeness (QED) is 0.834. The molecule has 3 nitrogen and oxygen atoms in total. The molecule has 1 aromatic heterocycles. The fraction of sp³-hybridized carbons (Fsp3) is 0.471. The van der Waals surface area contributed by atoms with Crippen molar-refractivity contribution < 1.29 is 0 Å². The summed E-state index contributed by atoms with van der Waals surface area (Å²) >= 11 is 0. The van der Waals surface area contributed by atoms with Crippen LogP contribution in [0.4, 0.5) is 0 Å². The molecule has 1 spiro atoms. The molecule has 1 saturated heterocycles. The monoisotopic (exact) mass is 267 g/mol. The van der Waals surface area contributed by atoms with Crippen LogP contribution in [0.1, 0.15) is 30.5 Å². The summed E-state index contributed by atoms with van der Waals surface area (Å²) in [6.45, 7) is 4.63. The first-order valence-corrected chi connectivity index (χ1v) is 7.63. The van der Waals surface area contributed by atoms with Crippen LogP contribution in [0.15, 0.2) is 42.9 Å². The third kappa shape index (κ3) is 1.97. The van der Waals surface area contributed by atoms with Gasteiger partial charge in [-0.2, -0.15) is 0 Å². The first-order valence-electron chi connectivity index (χ1n) is 7.63. The van der Waals surface area contributed by atoms with E-state index < -0.39 is 0 Å². The maximum absolute atomic E-state index is 4.38. The van der Waals surface area contributed by atoms with Gasteiger partial charge in [0.1, 0.15) is 0 Å². The van der Waals surface area contributed by atoms with E-state index in [1.54, 1.807) is 0 Å². The Morgan fingerprint density at radius 1 is 1.10 bits per heavy atom. The van der Waals surface area contributed by atoms with Crippen molar-refractivity contribution in [3.8, 4) is 0 Å². The summed E-state index contributed by atoms with van der Waals surface area (Å²) in [6, 6.07) is 10.8. The number of aryl methyl sites for hydroxylation is 1. The van der Waals surface area contributed by atoms with Crippen LogP contribution in [0.5, 0.6) is 0 Å². The lowest BCUT2D eigenvalue weighted by atomic mass is 9.77. The minimum atomic E-state index is 0.365. The molecule has 0 amide bonds. The zero-order chi connectivity index (χ0) is 13.4. The van der Waals surface area contributed by atoms with E-state index in [0.29, 0.717) is 5.41 Å². The van der Waals surface area contributed by atoms with E-state index >= 15 is 0 Å². The summed E-state index contributed by atoms with van der Waals surface area (Å²) < 4.78 is 2.37. The molecule has 3 heterocycles. The lowest BCUT2D eigenvalue weighted by Gasteiger charge is -2.34. The van der Waals surface area contributed by atoms with E-state index in [4.69, 9.17) is 0 Å². The summed E-state index contributed by atoms with van der Waals surface area (Å²) in [5.74, 6) is 0. The molecule has 3 heteroatoms. The van der Waals surface area contributed by atoms with E-state index in [1.165, 1.54) is 43.6 Å². The molecule has 1 atom stereocenters. The molecule has 20 heavy (non-hydrogen) atoms. The van der Waals surface area contributed by atoms with Crippen LogP contribution < -0.4 is 0 Å². The lowest BCUT2D eigenvalue weighted by molar-refractivity contribution is 0.268. The molecule has 104 valence electrons. The van der Waals surface area contributed by atoms with E-state index in [1.807, 2.05) is 6.33 Å². The van der Waals surface area contributed by atoms with Gasteiger partial charge in [0.15, 0.2) is 0 Å². The first-order chi connectivity index (χ1) is 9.86. The van der Waals surface area contributed by atoms with Gasteiger partial charge in [-0.15, -0.1) is 0 Å². The van der Waals surface area contributed by atoms with Crippen LogP contribution in [0, 0.1) is 0 Å². The zero-order valence-corrected chi connectivity index (χ0v) is 11.8. The number of aromatic nitrogens is 2. The Labute approximate surface area is 120 Å². The van der Waals surface area contributed by atoms with E-state index in [2.05, 4.69) is 51.0 Å². The number of hydrogen-bond donors (Lipinski definition) is 0. The molecular formula is C17H21N3. The summed E-state index contributed by atoms with van der Waals surface area (Å²) in [7, 11) is 0. The van der Waals surface area contributed by atoms with Crippen molar-refractivity contribution in [2.45, 2.75) is 37.8 Å². The second-order valence-corrected chi connectivity index (χ2v) is 6.30. The van der Waals surface area contributed by atoms with Crippen molar-refractivity contribution in [3.63, 3.8) is 0 Å². The molecule has 2 aliphatic heterocycles. The molecule has 0 aliphatic carbocycles. The standard InChI is InChI=1S/C17H21N3/c1-2-5-15(6-3-1)12-19-10-8-17(13-19)7-4-9-20-14-18-11-16(17)20/h1-3,5-6,11,14H,4,7-10,12-13H2. The van der Waals surface area contributed by atoms with Crippen LogP contribution in [-0.2, 0) is 18.5 Å². The highest BCUT2D eigenvalue weighted by Gasteiger charge is 2.42. The Morgan fingerprint density at radius 2 is 2.00 bits per heavy atom. The van der Waals surface area contributed by atoms with Crippen molar-refractivity contribution in [3.05, 3.63) is 54.1 Å². The topological polar surface area (TPSA) is 21.1 Å². The van der Waals surface area contributed by atoms with Crippen molar-refractivity contribution in [1.82, 2.24) is 14.5 Å². The number of benzene rings is 1. The Bertz CT molecular complexity index is 589. The van der Waals surface area contributed by atoms with E-state index in [9.17, 15) is 0 Å². The van der Waals surface area contributed by atoms with Gasteiger partial charge in [-0.25, -0.2) is 4.98 Å². The summed E-state index contributed by atoms with van der Waals surface area (Å²) in [5.41, 5.74) is 3.26. The maximum atomic E-state index is 4.38. The van der Waals surface area contributed by atoms with Crippen LogP contribution in [0.2, 0.25) is 0 Å². The molecule has 0 saturated carbocycles. The average molecular weight is 267 g/mol. The van der Waals surface area contributed by atoms with Gasteiger partial charge in [0, 0.05) is 36.9 Å². The van der Waals surface area contributed by atoms with E-state index in [-0.39, 0.29) is 0 Å². The minimum absolute atomic E-state index is 0.365. The molecule has 0 radical (unpaired) electrons. The number of likely N-dealkylation sites (tertiary alicyclic amines) is 1. The molecule has 2 aliphatic rings. The van der Waals surface area contributed by atoms with E-state index in [0.717, 1.165) is 13.1 Å². The zero-order valence-electron chi connectivity index (χ0n) is 11.8. The van der Waals surface area contributed by atoms with Gasteiger partial charge in [0.2, 0.25) is 0 Å². The SMILES string of the molecule is c1ccc(CN2CCC3(CCCn4cncc43)C2)cc1. The molecule has 1 unspecified atom stereocenters. The van der Waals surface area contributed by atoms with Crippen molar-refractivity contribution >= 4 is 0 Å². The van der Waals surface area contributed by atoms with Gasteiger partial charge in [-0.1, -0.05) is 30.3 Å². The van der Waals surface area contributed by atoms with Crippen molar-refractivity contribution in [2.24, 2.45) is 0 Å². The first kappa shape index (κ1) is 12.2. The van der Waals surface area contributed by atoms with Gasteiger partial charge in [-0.05, 0) is 31.4 Å². The fourth-order valence-electron chi connectivity index (χ4n) is 4.00. The number of nitrogens with zero attached hydrogens (tertiary/aromatic N) is 3. The third-order valence-electron chi connectivity index (χ3n) is 4.99. The Hall–Kier alpha value is -1.61. The second kappa shape index (κ2) is 4.74. The van der Waals surface area contributed by atoms with Crippen molar-refractivity contribution in [1.29, 1.82) is 0 Å². The predicted octanol–water partition coefficient (Wildman–Crippen LogP) is 2.82. The fourth-order valence-corrected chi connectivity index (χ4v) is 4.00. The highest BCUT2D eigenvalue weighted by Crippen LogP contribution is 2.41. The summed E-state index contributed by atoms with van der Waals surface area (Å²) in [6.07, 6.45) is 8.01. The highest BCUT2D eigenvalue weighted by molar-refractivity contribution is 5.22. The second-order valence-electron chi connectivity index (χ2n) is 6.30. The molecule has 4 rings (SSSR count). The van der Waals surface area contributed by atoms with Gasteiger partial charge < -0.3 is 4.57 Å². The van der Waals surface area contributed by atoms with Crippen LogP contribution in [0.25, 0.3) is 0 Å². The minimum Gasteiger partial charge on any atom is -0.334 e. The van der Waals surface area contributed by atoms with Crippen molar-refractivity contribution in [2.75, 3.05) is 13.1 Å². The predicted molar refractivity (Wildman–Crippen MR) is 79.5 cm³/mol. The van der Waals surface area contributed by atoms with Gasteiger partial charge in [-0.3, -0.25) is 4.90 Å². The average Bonchev–Trinajstić information content (AvgIpc) is 3.09. The Balaban J connectivity index is 1.54. The molecule has 1 fully saturated rings. The Kier molecular flexibility index (Phi) is 2.88. The van der Waals surface area contributed by atoms with Crippen LogP contribution in [-0.4, -0.2) is 27.5 Å². The molecule has 1 aromatic carbocycles. The number of imidazole rings is 1. The summed E-state index contributed by atoms with van der Waals surface area (Å²) in [5, 5.41) is 0. The number of rotatable bonds is 2. The van der Waals surface area contributed by atoms with Crippen LogP contribution in [0.3, 0.4) is 0 Å². The van der Waals surface area contributed by atoms with Crippen LogP contribution >= 0.6 is 0 Å². The van der Waals surface area contributed by atoms with Gasteiger partial charge in [0.25, 0.3) is 0 Å². The molecule has 2 aromatic rings. The normalized spacial score (nSPS) is 26.0. The molecule has 0 N–H and O–H groups in total. The number of fused-ring (bicyclic) bond motifs is 2. The molecule has 0 bridgehead atoms. The highest BCUT2D eigenvalue weighted by atomic mass is 15.2. The maximum Gasteiger partial charge on any atom is 0.0948 e. The smallest absolute Gasteiger partial charge is 0.0948 e. The number of hydrogen-bond acceptors (Lipinski definition) is 2. The third-order valence-corrected chi connectivity index (χ3v) is 4.99.